The number of benzene rings is 1. The van der Waals surface area contributed by atoms with Gasteiger partial charge in [0, 0.05) is 12.1 Å². The molecule has 7 nitrogen and oxygen atoms in total. The summed E-state index contributed by atoms with van der Waals surface area (Å²) in [7, 11) is -3.91. The van der Waals surface area contributed by atoms with Crippen LogP contribution in [0.5, 0.6) is 0 Å². The van der Waals surface area contributed by atoms with Gasteiger partial charge in [0.1, 0.15) is 0 Å². The molecule has 0 spiro atoms. The van der Waals surface area contributed by atoms with Gasteiger partial charge in [0.05, 0.1) is 15.9 Å². The van der Waals surface area contributed by atoms with Crippen molar-refractivity contribution >= 4 is 15.7 Å². The molecule has 1 aliphatic carbocycles. The van der Waals surface area contributed by atoms with Gasteiger partial charge in [-0.25, -0.2) is 8.42 Å². The number of nitrogens with zero attached hydrogens (tertiary/aromatic N) is 1. The van der Waals surface area contributed by atoms with Crippen LogP contribution in [0.1, 0.15) is 31.2 Å². The van der Waals surface area contributed by atoms with Crippen LogP contribution in [0, 0.1) is 17.0 Å². The molecule has 2 rings (SSSR count). The van der Waals surface area contributed by atoms with Crippen molar-refractivity contribution in [3.63, 3.8) is 0 Å². The maximum absolute atomic E-state index is 12.1. The van der Waals surface area contributed by atoms with Gasteiger partial charge in [-0.05, 0) is 25.3 Å². The van der Waals surface area contributed by atoms with Gasteiger partial charge in [-0.3, -0.25) is 15.0 Å². The van der Waals surface area contributed by atoms with Gasteiger partial charge in [0.25, 0.3) is 15.7 Å². The van der Waals surface area contributed by atoms with E-state index < -0.39 is 14.9 Å². The van der Waals surface area contributed by atoms with E-state index in [1.54, 1.807) is 6.92 Å². The monoisotopic (exact) mass is 300 g/mol. The second-order valence-electron chi connectivity index (χ2n) is 4.82. The Morgan fingerprint density at radius 2 is 2.00 bits per heavy atom. The Hall–Kier alpha value is -1.51. The molecule has 0 heterocycles. The molecule has 0 atom stereocenters. The maximum atomic E-state index is 12.1. The zero-order valence-electron chi connectivity index (χ0n) is 11.0. The standard InChI is InChI=1S/C12H16N2O5S/c1-9-6-7-10(14(15)16)8-12(9)20(17,18)13-19-11-4-2-3-5-11/h6-8,11,13H,2-5H2,1H3. The molecule has 8 heteroatoms. The van der Waals surface area contributed by atoms with Crippen molar-refractivity contribution in [2.75, 3.05) is 0 Å². The molecule has 1 aromatic rings. The topological polar surface area (TPSA) is 98.5 Å². The molecule has 1 aromatic carbocycles. The summed E-state index contributed by atoms with van der Waals surface area (Å²) in [6, 6.07) is 3.71. The summed E-state index contributed by atoms with van der Waals surface area (Å²) in [4.78, 5) is 17.2. The van der Waals surface area contributed by atoms with Crippen LogP contribution in [-0.2, 0) is 14.9 Å². The Kier molecular flexibility index (Phi) is 4.36. The maximum Gasteiger partial charge on any atom is 0.270 e. The number of hydrogen-bond donors (Lipinski definition) is 1. The number of aryl methyl sites for hydroxylation is 1. The molecule has 0 amide bonds. The van der Waals surface area contributed by atoms with Gasteiger partial charge in [-0.2, -0.15) is 0 Å². The Balaban J connectivity index is 2.19. The fourth-order valence-electron chi connectivity index (χ4n) is 2.17. The second-order valence-corrected chi connectivity index (χ2v) is 6.43. The van der Waals surface area contributed by atoms with Crippen molar-refractivity contribution in [1.29, 1.82) is 0 Å². The Morgan fingerprint density at radius 1 is 1.35 bits per heavy atom. The number of nitro benzene ring substituents is 1. The minimum Gasteiger partial charge on any atom is -0.284 e. The predicted molar refractivity (Wildman–Crippen MR) is 71.5 cm³/mol. The lowest BCUT2D eigenvalue weighted by molar-refractivity contribution is -0.385. The van der Waals surface area contributed by atoms with Gasteiger partial charge in [-0.15, -0.1) is 0 Å². The van der Waals surface area contributed by atoms with E-state index >= 15 is 0 Å². The highest BCUT2D eigenvalue weighted by Crippen LogP contribution is 2.23. The summed E-state index contributed by atoms with van der Waals surface area (Å²) in [5, 5.41) is 10.7. The number of nitrogens with one attached hydrogen (secondary N) is 1. The van der Waals surface area contributed by atoms with Gasteiger partial charge < -0.3 is 0 Å². The molecule has 1 N–H and O–H groups in total. The van der Waals surface area contributed by atoms with E-state index in [4.69, 9.17) is 4.84 Å². The van der Waals surface area contributed by atoms with Crippen LogP contribution in [0.15, 0.2) is 23.1 Å². The summed E-state index contributed by atoms with van der Waals surface area (Å²) in [6.45, 7) is 1.58. The molecule has 0 aromatic heterocycles. The lowest BCUT2D eigenvalue weighted by atomic mass is 10.2. The molecular weight excluding hydrogens is 284 g/mol. The summed E-state index contributed by atoms with van der Waals surface area (Å²) in [5.41, 5.74) is 0.162. The van der Waals surface area contributed by atoms with E-state index in [-0.39, 0.29) is 16.7 Å². The van der Waals surface area contributed by atoms with E-state index in [0.717, 1.165) is 31.7 Å². The molecular formula is C12H16N2O5S. The van der Waals surface area contributed by atoms with Crippen LogP contribution in [0.4, 0.5) is 5.69 Å². The van der Waals surface area contributed by atoms with Crippen LogP contribution in [0.3, 0.4) is 0 Å². The van der Waals surface area contributed by atoms with E-state index in [2.05, 4.69) is 4.89 Å². The SMILES string of the molecule is Cc1ccc([N+](=O)[O-])cc1S(=O)(=O)NOC1CCCC1. The first-order chi connectivity index (χ1) is 9.40. The Morgan fingerprint density at radius 3 is 2.60 bits per heavy atom. The highest BCUT2D eigenvalue weighted by molar-refractivity contribution is 7.89. The largest absolute Gasteiger partial charge is 0.284 e. The van der Waals surface area contributed by atoms with Crippen LogP contribution in [-0.4, -0.2) is 19.4 Å². The molecule has 0 aliphatic heterocycles. The molecule has 0 unspecified atom stereocenters. The van der Waals surface area contributed by atoms with Crippen LogP contribution in [0.25, 0.3) is 0 Å². The van der Waals surface area contributed by atoms with Crippen LogP contribution >= 0.6 is 0 Å². The van der Waals surface area contributed by atoms with Gasteiger partial charge >= 0.3 is 0 Å². The molecule has 0 radical (unpaired) electrons. The molecule has 1 saturated carbocycles. The zero-order valence-corrected chi connectivity index (χ0v) is 11.9. The molecule has 1 aliphatic rings. The molecule has 0 saturated heterocycles. The third-order valence-corrected chi connectivity index (χ3v) is 4.63. The number of hydrogen-bond acceptors (Lipinski definition) is 5. The highest BCUT2D eigenvalue weighted by Gasteiger charge is 2.23. The van der Waals surface area contributed by atoms with E-state index in [1.165, 1.54) is 12.1 Å². The number of nitro groups is 1. The zero-order chi connectivity index (χ0) is 14.8. The summed E-state index contributed by atoms with van der Waals surface area (Å²) in [6.07, 6.45) is 3.54. The quantitative estimate of drug-likeness (QED) is 0.663. The third kappa shape index (κ3) is 3.33. The second kappa shape index (κ2) is 5.86. The van der Waals surface area contributed by atoms with Gasteiger partial charge in [0.2, 0.25) is 0 Å². The molecule has 0 bridgehead atoms. The van der Waals surface area contributed by atoms with Crippen LogP contribution < -0.4 is 4.89 Å². The summed E-state index contributed by atoms with van der Waals surface area (Å²) < 4.78 is 24.3. The Bertz CT molecular complexity index is 608. The number of sulfonamides is 1. The smallest absolute Gasteiger partial charge is 0.270 e. The van der Waals surface area contributed by atoms with E-state index in [9.17, 15) is 18.5 Å². The first-order valence-corrected chi connectivity index (χ1v) is 7.81. The predicted octanol–water partition coefficient (Wildman–Crippen LogP) is 2.06. The van der Waals surface area contributed by atoms with Crippen molar-refractivity contribution in [2.45, 2.75) is 43.6 Å². The average molecular weight is 300 g/mol. The first-order valence-electron chi connectivity index (χ1n) is 6.32. The average Bonchev–Trinajstić information content (AvgIpc) is 2.89. The Labute approximate surface area is 117 Å². The normalized spacial score (nSPS) is 16.4. The highest BCUT2D eigenvalue weighted by atomic mass is 32.2. The van der Waals surface area contributed by atoms with Crippen molar-refractivity contribution in [3.8, 4) is 0 Å². The van der Waals surface area contributed by atoms with Crippen LogP contribution in [0.2, 0.25) is 0 Å². The fourth-order valence-corrected chi connectivity index (χ4v) is 3.29. The summed E-state index contributed by atoms with van der Waals surface area (Å²) in [5.74, 6) is 0. The van der Waals surface area contributed by atoms with Crippen molar-refractivity contribution in [2.24, 2.45) is 0 Å². The number of rotatable bonds is 5. The molecule has 110 valence electrons. The van der Waals surface area contributed by atoms with E-state index in [1.807, 2.05) is 0 Å². The molecule has 20 heavy (non-hydrogen) atoms. The summed E-state index contributed by atoms with van der Waals surface area (Å²) >= 11 is 0. The lowest BCUT2D eigenvalue weighted by Gasteiger charge is -2.13. The van der Waals surface area contributed by atoms with Gasteiger partial charge in [0.15, 0.2) is 0 Å². The number of non-ortho nitro benzene ring substituents is 1. The van der Waals surface area contributed by atoms with Crippen molar-refractivity contribution < 1.29 is 18.2 Å². The molecule has 1 fully saturated rings. The van der Waals surface area contributed by atoms with Crippen molar-refractivity contribution in [3.05, 3.63) is 33.9 Å². The van der Waals surface area contributed by atoms with Crippen molar-refractivity contribution in [1.82, 2.24) is 4.89 Å². The lowest BCUT2D eigenvalue weighted by Crippen LogP contribution is -2.29. The van der Waals surface area contributed by atoms with Gasteiger partial charge in [-0.1, -0.05) is 23.8 Å². The minimum absolute atomic E-state index is 0.122. The minimum atomic E-state index is -3.91. The fraction of sp³-hybridized carbons (Fsp3) is 0.500. The first kappa shape index (κ1) is 14.9. The third-order valence-electron chi connectivity index (χ3n) is 3.30. The van der Waals surface area contributed by atoms with E-state index in [0.29, 0.717) is 5.56 Å².